The third-order valence-electron chi connectivity index (χ3n) is 5.74. The van der Waals surface area contributed by atoms with Crippen molar-refractivity contribution in [2.24, 2.45) is 0 Å². The van der Waals surface area contributed by atoms with Crippen LogP contribution < -0.4 is 10.6 Å². The van der Waals surface area contributed by atoms with Crippen molar-refractivity contribution >= 4 is 45.7 Å². The molecule has 1 aliphatic heterocycles. The van der Waals surface area contributed by atoms with Gasteiger partial charge in [0.15, 0.2) is 0 Å². The van der Waals surface area contributed by atoms with E-state index >= 15 is 0 Å². The molecule has 1 aliphatic rings. The number of nitrogens with one attached hydrogen (secondary N) is 2. The summed E-state index contributed by atoms with van der Waals surface area (Å²) in [7, 11) is 0. The molecule has 0 spiro atoms. The molecule has 4 nitrogen and oxygen atoms in total. The summed E-state index contributed by atoms with van der Waals surface area (Å²) in [6.07, 6.45) is 1.76. The summed E-state index contributed by atoms with van der Waals surface area (Å²) >= 11 is 12.9. The molecule has 0 fully saturated rings. The van der Waals surface area contributed by atoms with Crippen molar-refractivity contribution in [2.45, 2.75) is 45.6 Å². The van der Waals surface area contributed by atoms with E-state index in [4.69, 9.17) is 23.2 Å². The van der Waals surface area contributed by atoms with Crippen LogP contribution in [0.4, 0.5) is 5.69 Å². The first-order valence-electron chi connectivity index (χ1n) is 10.3. The molecule has 3 aromatic rings. The molecule has 158 valence electrons. The average molecular weight is 444 g/mol. The van der Waals surface area contributed by atoms with E-state index in [0.29, 0.717) is 10.0 Å². The van der Waals surface area contributed by atoms with E-state index in [2.05, 4.69) is 42.0 Å². The molecule has 0 aliphatic carbocycles. The summed E-state index contributed by atoms with van der Waals surface area (Å²) in [6, 6.07) is 11.9. The topological polar surface area (TPSA) is 46.1 Å². The number of nitrogens with zero attached hydrogens (tertiary/aromatic N) is 1. The SMILES string of the molecule is CC(C)(C)c1cccc(NC(=O)Cn2c3c(c4ccc(Cl)c(Cl)c42)CCNCC3)c1. The fourth-order valence-corrected chi connectivity index (χ4v) is 4.61. The second-order valence-electron chi connectivity index (χ2n) is 8.90. The Labute approximate surface area is 187 Å². The molecule has 0 atom stereocenters. The molecule has 1 aromatic heterocycles. The molecule has 2 heterocycles. The van der Waals surface area contributed by atoms with Crippen LogP contribution in [0.3, 0.4) is 0 Å². The fourth-order valence-electron chi connectivity index (χ4n) is 4.19. The van der Waals surface area contributed by atoms with Crippen LogP contribution in [0.5, 0.6) is 0 Å². The van der Waals surface area contributed by atoms with Gasteiger partial charge in [0.05, 0.1) is 15.6 Å². The van der Waals surface area contributed by atoms with Crippen molar-refractivity contribution in [1.29, 1.82) is 0 Å². The van der Waals surface area contributed by atoms with E-state index < -0.39 is 0 Å². The molecular weight excluding hydrogens is 417 g/mol. The third-order valence-corrected chi connectivity index (χ3v) is 6.54. The zero-order chi connectivity index (χ0) is 21.5. The number of amides is 1. The number of fused-ring (bicyclic) bond motifs is 3. The minimum Gasteiger partial charge on any atom is -0.334 e. The van der Waals surface area contributed by atoms with Crippen molar-refractivity contribution in [3.8, 4) is 0 Å². The summed E-state index contributed by atoms with van der Waals surface area (Å²) < 4.78 is 2.05. The molecular formula is C24H27Cl2N3O. The van der Waals surface area contributed by atoms with Crippen molar-refractivity contribution in [2.75, 3.05) is 18.4 Å². The Bertz CT molecular complexity index is 1110. The van der Waals surface area contributed by atoms with E-state index in [0.717, 1.165) is 48.2 Å². The largest absolute Gasteiger partial charge is 0.334 e. The standard InChI is InChI=1S/C24H27Cl2N3O/c1-24(2,3)15-5-4-6-16(13-15)28-21(30)14-29-20-10-12-27-11-9-17(20)18-7-8-19(25)22(26)23(18)29/h4-8,13,27H,9-12,14H2,1-3H3,(H,28,30). The zero-order valence-electron chi connectivity index (χ0n) is 17.6. The van der Waals surface area contributed by atoms with Gasteiger partial charge in [-0.05, 0) is 47.7 Å². The molecule has 0 saturated carbocycles. The highest BCUT2D eigenvalue weighted by Gasteiger charge is 2.23. The van der Waals surface area contributed by atoms with Crippen molar-refractivity contribution in [1.82, 2.24) is 9.88 Å². The smallest absolute Gasteiger partial charge is 0.244 e. The first kappa shape index (κ1) is 21.2. The van der Waals surface area contributed by atoms with Crippen LogP contribution in [-0.2, 0) is 29.6 Å². The predicted molar refractivity (Wildman–Crippen MR) is 126 cm³/mol. The van der Waals surface area contributed by atoms with E-state index in [9.17, 15) is 4.79 Å². The van der Waals surface area contributed by atoms with Crippen LogP contribution in [-0.4, -0.2) is 23.6 Å². The van der Waals surface area contributed by atoms with Crippen LogP contribution in [0.1, 0.15) is 37.6 Å². The Morgan fingerprint density at radius 2 is 1.90 bits per heavy atom. The number of rotatable bonds is 3. The highest BCUT2D eigenvalue weighted by Crippen LogP contribution is 2.37. The summed E-state index contributed by atoms with van der Waals surface area (Å²) in [5.41, 5.74) is 5.29. The van der Waals surface area contributed by atoms with Gasteiger partial charge in [-0.3, -0.25) is 4.79 Å². The lowest BCUT2D eigenvalue weighted by atomic mass is 9.87. The highest BCUT2D eigenvalue weighted by molar-refractivity contribution is 6.45. The van der Waals surface area contributed by atoms with E-state index in [1.54, 1.807) is 0 Å². The number of aromatic nitrogens is 1. The molecule has 0 saturated heterocycles. The predicted octanol–water partition coefficient (Wildman–Crippen LogP) is 5.57. The van der Waals surface area contributed by atoms with Gasteiger partial charge in [-0.2, -0.15) is 0 Å². The van der Waals surface area contributed by atoms with Crippen LogP contribution in [0.15, 0.2) is 36.4 Å². The Hall–Kier alpha value is -2.01. The Morgan fingerprint density at radius 1 is 1.13 bits per heavy atom. The highest BCUT2D eigenvalue weighted by atomic mass is 35.5. The molecule has 0 unspecified atom stereocenters. The van der Waals surface area contributed by atoms with Gasteiger partial charge in [-0.1, -0.05) is 62.2 Å². The number of carbonyl (C=O) groups excluding carboxylic acids is 1. The van der Waals surface area contributed by atoms with Crippen LogP contribution in [0, 0.1) is 0 Å². The fraction of sp³-hybridized carbons (Fsp3) is 0.375. The normalized spacial score (nSPS) is 14.4. The van der Waals surface area contributed by atoms with Gasteiger partial charge in [0, 0.05) is 29.7 Å². The number of hydrogen-bond donors (Lipinski definition) is 2. The molecule has 0 bridgehead atoms. The van der Waals surface area contributed by atoms with Crippen molar-refractivity contribution in [3.63, 3.8) is 0 Å². The van der Waals surface area contributed by atoms with E-state index in [1.807, 2.05) is 30.3 Å². The van der Waals surface area contributed by atoms with Crippen LogP contribution >= 0.6 is 23.2 Å². The maximum absolute atomic E-state index is 13.0. The van der Waals surface area contributed by atoms with Gasteiger partial charge < -0.3 is 15.2 Å². The molecule has 0 radical (unpaired) electrons. The summed E-state index contributed by atoms with van der Waals surface area (Å²) in [6.45, 7) is 8.48. The first-order chi connectivity index (χ1) is 14.3. The second-order valence-corrected chi connectivity index (χ2v) is 9.68. The average Bonchev–Trinajstić information content (AvgIpc) is 2.83. The first-order valence-corrected chi connectivity index (χ1v) is 11.1. The molecule has 4 rings (SSSR count). The number of anilines is 1. The second kappa shape index (κ2) is 8.26. The molecule has 2 N–H and O–H groups in total. The molecule has 6 heteroatoms. The lowest BCUT2D eigenvalue weighted by Gasteiger charge is -2.20. The molecule has 1 amide bonds. The molecule has 2 aromatic carbocycles. The number of carbonyl (C=O) groups is 1. The lowest BCUT2D eigenvalue weighted by Crippen LogP contribution is -2.22. The minimum absolute atomic E-state index is 0.0198. The summed E-state index contributed by atoms with van der Waals surface area (Å²) in [4.78, 5) is 13.0. The summed E-state index contributed by atoms with van der Waals surface area (Å²) in [5.74, 6) is -0.0750. The van der Waals surface area contributed by atoms with Crippen molar-refractivity contribution in [3.05, 3.63) is 63.3 Å². The number of halogens is 2. The minimum atomic E-state index is -0.0750. The zero-order valence-corrected chi connectivity index (χ0v) is 19.1. The van der Waals surface area contributed by atoms with Gasteiger partial charge in [0.1, 0.15) is 6.54 Å². The van der Waals surface area contributed by atoms with Gasteiger partial charge >= 0.3 is 0 Å². The lowest BCUT2D eigenvalue weighted by molar-refractivity contribution is -0.116. The Morgan fingerprint density at radius 3 is 2.67 bits per heavy atom. The number of benzene rings is 2. The summed E-state index contributed by atoms with van der Waals surface area (Å²) in [5, 5.41) is 8.61. The number of hydrogen-bond acceptors (Lipinski definition) is 2. The van der Waals surface area contributed by atoms with Gasteiger partial charge in [0.2, 0.25) is 5.91 Å². The van der Waals surface area contributed by atoms with Crippen LogP contribution in [0.25, 0.3) is 10.9 Å². The van der Waals surface area contributed by atoms with Crippen molar-refractivity contribution < 1.29 is 4.79 Å². The maximum atomic E-state index is 13.0. The van der Waals surface area contributed by atoms with Gasteiger partial charge in [0.25, 0.3) is 0 Å². The molecule has 30 heavy (non-hydrogen) atoms. The third kappa shape index (κ3) is 4.09. The quantitative estimate of drug-likeness (QED) is 0.555. The van der Waals surface area contributed by atoms with Crippen LogP contribution in [0.2, 0.25) is 10.0 Å². The van der Waals surface area contributed by atoms with Gasteiger partial charge in [-0.25, -0.2) is 0 Å². The Kier molecular flexibility index (Phi) is 5.84. The maximum Gasteiger partial charge on any atom is 0.244 e. The van der Waals surface area contributed by atoms with E-state index in [1.165, 1.54) is 11.1 Å². The van der Waals surface area contributed by atoms with Gasteiger partial charge in [-0.15, -0.1) is 0 Å². The van der Waals surface area contributed by atoms with E-state index in [-0.39, 0.29) is 17.9 Å². The monoisotopic (exact) mass is 443 g/mol. The Balaban J connectivity index is 1.69.